The van der Waals surface area contributed by atoms with Crippen LogP contribution in [0.3, 0.4) is 0 Å². The molecular weight excluding hydrogens is 312 g/mol. The van der Waals surface area contributed by atoms with Crippen molar-refractivity contribution in [1.82, 2.24) is 0 Å². The molecule has 2 rings (SSSR count). The number of amides is 1. The van der Waals surface area contributed by atoms with E-state index in [-0.39, 0.29) is 4.95 Å². The highest BCUT2D eigenvalue weighted by Crippen LogP contribution is 2.38. The Kier molecular flexibility index (Phi) is 3.62. The van der Waals surface area contributed by atoms with Gasteiger partial charge in [0.25, 0.3) is 0 Å². The molecule has 0 aliphatic carbocycles. The van der Waals surface area contributed by atoms with E-state index >= 15 is 0 Å². The van der Waals surface area contributed by atoms with Gasteiger partial charge >= 0.3 is 6.09 Å². The maximum Gasteiger partial charge on any atom is 0.415 e. The van der Waals surface area contributed by atoms with Crippen LogP contribution in [0, 0.1) is 4.91 Å². The third-order valence-electron chi connectivity index (χ3n) is 2.69. The predicted octanol–water partition coefficient (Wildman–Crippen LogP) is 4.10. The molecule has 0 aromatic heterocycles. The number of alkyl halides is 1. The molecule has 1 unspecified atom stereocenters. The first kappa shape index (κ1) is 14.0. The average molecular weight is 327 g/mol. The molecule has 5 nitrogen and oxygen atoms in total. The zero-order valence-electron chi connectivity index (χ0n) is 11.0. The lowest BCUT2D eigenvalue weighted by molar-refractivity contribution is 0.0581. The molecule has 1 aromatic carbocycles. The Morgan fingerprint density at radius 3 is 2.74 bits per heavy atom. The fourth-order valence-corrected chi connectivity index (χ4v) is 2.69. The molecule has 0 fully saturated rings. The minimum atomic E-state index is -0.562. The number of anilines is 1. The van der Waals surface area contributed by atoms with Gasteiger partial charge in [-0.25, -0.2) is 4.79 Å². The SMILES string of the molecule is CC(C)(C)OC(=O)N1c2cc(N=O)ccc2CC1Br. The Balaban J connectivity index is 2.33. The fraction of sp³-hybridized carbons (Fsp3) is 0.462. The first-order valence-electron chi connectivity index (χ1n) is 5.94. The summed E-state index contributed by atoms with van der Waals surface area (Å²) in [7, 11) is 0. The number of nitrogens with zero attached hydrogens (tertiary/aromatic N) is 2. The number of hydrogen-bond donors (Lipinski definition) is 0. The molecule has 1 aliphatic rings. The van der Waals surface area contributed by atoms with Gasteiger partial charge in [-0.2, -0.15) is 0 Å². The van der Waals surface area contributed by atoms with Gasteiger partial charge in [0, 0.05) is 6.42 Å². The van der Waals surface area contributed by atoms with Crippen molar-refractivity contribution in [3.05, 3.63) is 28.7 Å². The largest absolute Gasteiger partial charge is 0.443 e. The van der Waals surface area contributed by atoms with Crippen molar-refractivity contribution in [2.45, 2.75) is 37.7 Å². The van der Waals surface area contributed by atoms with Crippen LogP contribution < -0.4 is 4.90 Å². The fourth-order valence-electron chi connectivity index (χ4n) is 1.95. The molecule has 19 heavy (non-hydrogen) atoms. The first-order valence-corrected chi connectivity index (χ1v) is 6.86. The number of hydrogen-bond acceptors (Lipinski definition) is 4. The monoisotopic (exact) mass is 326 g/mol. The average Bonchev–Trinajstić information content (AvgIpc) is 2.61. The molecule has 0 spiro atoms. The molecule has 1 amide bonds. The molecular formula is C13H15BrN2O3. The van der Waals surface area contributed by atoms with Crippen molar-refractivity contribution in [3.8, 4) is 0 Å². The van der Waals surface area contributed by atoms with Crippen LogP contribution in [-0.2, 0) is 11.2 Å². The van der Waals surface area contributed by atoms with E-state index in [0.717, 1.165) is 5.56 Å². The van der Waals surface area contributed by atoms with Crippen LogP contribution in [-0.4, -0.2) is 16.6 Å². The highest BCUT2D eigenvalue weighted by atomic mass is 79.9. The lowest BCUT2D eigenvalue weighted by atomic mass is 10.1. The Bertz CT molecular complexity index is 525. The number of nitroso groups, excluding NO2 is 1. The molecule has 1 aromatic rings. The Hall–Kier alpha value is -1.43. The summed E-state index contributed by atoms with van der Waals surface area (Å²) in [5, 5.41) is 2.90. The zero-order chi connectivity index (χ0) is 14.2. The molecule has 1 aliphatic heterocycles. The van der Waals surface area contributed by atoms with Crippen LogP contribution in [0.1, 0.15) is 26.3 Å². The van der Waals surface area contributed by atoms with Gasteiger partial charge in [-0.15, -0.1) is 4.91 Å². The summed E-state index contributed by atoms with van der Waals surface area (Å²) in [6.07, 6.45) is 0.240. The van der Waals surface area contributed by atoms with Crippen LogP contribution in [0.15, 0.2) is 23.4 Å². The van der Waals surface area contributed by atoms with Gasteiger partial charge in [0.05, 0.1) is 10.6 Å². The van der Waals surface area contributed by atoms with E-state index in [1.807, 2.05) is 26.8 Å². The van der Waals surface area contributed by atoms with Gasteiger partial charge in [-0.1, -0.05) is 22.0 Å². The number of ether oxygens (including phenoxy) is 1. The topological polar surface area (TPSA) is 59.0 Å². The zero-order valence-corrected chi connectivity index (χ0v) is 12.6. The van der Waals surface area contributed by atoms with E-state index in [1.165, 1.54) is 4.90 Å². The minimum absolute atomic E-state index is 0.167. The second-order valence-electron chi connectivity index (χ2n) is 5.39. The number of benzene rings is 1. The van der Waals surface area contributed by atoms with Gasteiger partial charge in [0.1, 0.15) is 11.3 Å². The van der Waals surface area contributed by atoms with E-state index in [2.05, 4.69) is 21.1 Å². The summed E-state index contributed by atoms with van der Waals surface area (Å²) in [6.45, 7) is 5.44. The van der Waals surface area contributed by atoms with Gasteiger partial charge < -0.3 is 4.74 Å². The van der Waals surface area contributed by atoms with E-state index in [0.29, 0.717) is 17.8 Å². The van der Waals surface area contributed by atoms with Crippen molar-refractivity contribution in [2.75, 3.05) is 4.90 Å². The maximum atomic E-state index is 12.2. The van der Waals surface area contributed by atoms with Crippen molar-refractivity contribution < 1.29 is 9.53 Å². The second kappa shape index (κ2) is 4.92. The van der Waals surface area contributed by atoms with Crippen LogP contribution in [0.5, 0.6) is 0 Å². The number of fused-ring (bicyclic) bond motifs is 1. The molecule has 0 saturated heterocycles. The predicted molar refractivity (Wildman–Crippen MR) is 77.0 cm³/mol. The summed E-state index contributed by atoms with van der Waals surface area (Å²) in [4.78, 5) is 24.1. The first-order chi connectivity index (χ1) is 8.81. The van der Waals surface area contributed by atoms with E-state index in [9.17, 15) is 9.70 Å². The number of carbonyl (C=O) groups excluding carboxylic acids is 1. The molecule has 0 radical (unpaired) electrons. The van der Waals surface area contributed by atoms with Crippen LogP contribution >= 0.6 is 15.9 Å². The van der Waals surface area contributed by atoms with E-state index in [1.54, 1.807) is 12.1 Å². The lowest BCUT2D eigenvalue weighted by Gasteiger charge is -2.26. The molecule has 102 valence electrons. The van der Waals surface area contributed by atoms with Crippen molar-refractivity contribution in [3.63, 3.8) is 0 Å². The number of rotatable bonds is 1. The highest BCUT2D eigenvalue weighted by molar-refractivity contribution is 9.09. The van der Waals surface area contributed by atoms with E-state index in [4.69, 9.17) is 4.74 Å². The summed E-state index contributed by atoms with van der Waals surface area (Å²) in [5.74, 6) is 0. The summed E-state index contributed by atoms with van der Waals surface area (Å²) < 4.78 is 5.37. The normalized spacial score (nSPS) is 18.1. The minimum Gasteiger partial charge on any atom is -0.443 e. The third kappa shape index (κ3) is 2.94. The summed E-state index contributed by atoms with van der Waals surface area (Å²) >= 11 is 3.46. The smallest absolute Gasteiger partial charge is 0.415 e. The second-order valence-corrected chi connectivity index (χ2v) is 6.45. The van der Waals surface area contributed by atoms with E-state index < -0.39 is 11.7 Å². The molecule has 1 atom stereocenters. The Morgan fingerprint density at radius 2 is 2.16 bits per heavy atom. The number of carbonyl (C=O) groups is 1. The van der Waals surface area contributed by atoms with Crippen LogP contribution in [0.2, 0.25) is 0 Å². The Morgan fingerprint density at radius 1 is 1.47 bits per heavy atom. The molecule has 0 saturated carbocycles. The van der Waals surface area contributed by atoms with Gasteiger partial charge in [-0.3, -0.25) is 4.90 Å². The molecule has 0 N–H and O–H groups in total. The molecule has 0 bridgehead atoms. The summed E-state index contributed by atoms with van der Waals surface area (Å²) in [5.41, 5.74) is 1.40. The maximum absolute atomic E-state index is 12.2. The van der Waals surface area contributed by atoms with Crippen LogP contribution in [0.25, 0.3) is 0 Å². The Labute approximate surface area is 120 Å². The lowest BCUT2D eigenvalue weighted by Crippen LogP contribution is -2.38. The van der Waals surface area contributed by atoms with Crippen molar-refractivity contribution in [1.29, 1.82) is 0 Å². The quantitative estimate of drug-likeness (QED) is 0.443. The molecule has 6 heteroatoms. The molecule has 1 heterocycles. The van der Waals surface area contributed by atoms with Gasteiger partial charge in [0.15, 0.2) is 0 Å². The standard InChI is InChI=1S/C13H15BrN2O3/c1-13(2,3)19-12(17)16-10-7-9(15-18)5-4-8(10)6-11(16)14/h4-5,7,11H,6H2,1-3H3. The van der Waals surface area contributed by atoms with Gasteiger partial charge in [0.2, 0.25) is 0 Å². The highest BCUT2D eigenvalue weighted by Gasteiger charge is 2.35. The number of halogens is 1. The summed E-state index contributed by atoms with van der Waals surface area (Å²) in [6, 6.07) is 5.06. The van der Waals surface area contributed by atoms with Gasteiger partial charge in [-0.05, 0) is 43.6 Å². The van der Waals surface area contributed by atoms with Crippen molar-refractivity contribution >= 4 is 33.4 Å². The third-order valence-corrected chi connectivity index (χ3v) is 3.43. The van der Waals surface area contributed by atoms with Crippen molar-refractivity contribution in [2.24, 2.45) is 5.18 Å². The van der Waals surface area contributed by atoms with Crippen LogP contribution in [0.4, 0.5) is 16.2 Å².